The van der Waals surface area contributed by atoms with Crippen LogP contribution < -0.4 is 5.32 Å². The molecule has 0 bridgehead atoms. The second-order valence-electron chi connectivity index (χ2n) is 6.07. The molecule has 0 saturated carbocycles. The fourth-order valence-electron chi connectivity index (χ4n) is 2.70. The minimum absolute atomic E-state index is 0.0200. The summed E-state index contributed by atoms with van der Waals surface area (Å²) in [4.78, 5) is 16.5. The molecule has 3 atom stereocenters. The van der Waals surface area contributed by atoms with Crippen molar-refractivity contribution in [3.63, 3.8) is 0 Å². The van der Waals surface area contributed by atoms with Gasteiger partial charge in [-0.1, -0.05) is 0 Å². The topological polar surface area (TPSA) is 66.5 Å². The molecule has 22 heavy (non-hydrogen) atoms. The molecule has 1 aromatic rings. The number of nitrogens with zero attached hydrogens (tertiary/aromatic N) is 1. The fourth-order valence-corrected chi connectivity index (χ4v) is 5.29. The Morgan fingerprint density at radius 2 is 2.14 bits per heavy atom. The minimum atomic E-state index is -3.07. The smallest absolute Gasteiger partial charge is 0.317 e. The molecule has 0 aliphatic carbocycles. The Morgan fingerprint density at radius 1 is 1.45 bits per heavy atom. The summed E-state index contributed by atoms with van der Waals surface area (Å²) in [5, 5.41) is 2.47. The molecular weight excluding hydrogens is 320 g/mol. The van der Waals surface area contributed by atoms with E-state index in [0.29, 0.717) is 0 Å². The summed E-state index contributed by atoms with van der Waals surface area (Å²) in [6, 6.07) is 3.71. The number of sulfone groups is 1. The van der Waals surface area contributed by atoms with E-state index in [2.05, 4.69) is 24.4 Å². The van der Waals surface area contributed by atoms with Crippen LogP contribution in [-0.2, 0) is 16.3 Å². The van der Waals surface area contributed by atoms with Gasteiger partial charge in [0.2, 0.25) is 0 Å². The Kier molecular flexibility index (Phi) is 5.17. The molecule has 5 nitrogen and oxygen atoms in total. The molecule has 0 aromatic carbocycles. The second kappa shape index (κ2) is 6.58. The molecule has 1 saturated heterocycles. The first-order valence-corrected chi connectivity index (χ1v) is 10.1. The Bertz CT molecular complexity index is 639. The van der Waals surface area contributed by atoms with Crippen LogP contribution in [0.15, 0.2) is 12.1 Å². The predicted molar refractivity (Wildman–Crippen MR) is 90.2 cm³/mol. The van der Waals surface area contributed by atoms with Crippen LogP contribution >= 0.6 is 11.3 Å². The molecule has 124 valence electrons. The van der Waals surface area contributed by atoms with Gasteiger partial charge >= 0.3 is 6.03 Å². The first-order valence-electron chi connectivity index (χ1n) is 7.54. The Balaban J connectivity index is 1.94. The summed E-state index contributed by atoms with van der Waals surface area (Å²) >= 11 is 1.74. The van der Waals surface area contributed by atoms with E-state index < -0.39 is 15.1 Å². The average molecular weight is 345 g/mol. The Labute approximate surface area is 136 Å². The second-order valence-corrected chi connectivity index (χ2v) is 9.92. The van der Waals surface area contributed by atoms with Crippen LogP contribution in [0.1, 0.15) is 30.5 Å². The summed E-state index contributed by atoms with van der Waals surface area (Å²) in [5.74, 6) is 0.0461. The van der Waals surface area contributed by atoms with Gasteiger partial charge in [0.05, 0.1) is 11.0 Å². The number of aryl methyl sites for hydroxylation is 1. The van der Waals surface area contributed by atoms with Crippen molar-refractivity contribution in [1.29, 1.82) is 0 Å². The molecule has 1 aliphatic rings. The van der Waals surface area contributed by atoms with Crippen molar-refractivity contribution in [3.05, 3.63) is 21.9 Å². The number of thiophene rings is 1. The highest BCUT2D eigenvalue weighted by molar-refractivity contribution is 7.92. The van der Waals surface area contributed by atoms with Crippen molar-refractivity contribution >= 4 is 27.2 Å². The zero-order chi connectivity index (χ0) is 16.5. The van der Waals surface area contributed by atoms with Gasteiger partial charge < -0.3 is 10.2 Å². The van der Waals surface area contributed by atoms with E-state index in [4.69, 9.17) is 0 Å². The number of carbonyl (C=O) groups is 1. The maximum Gasteiger partial charge on any atom is 0.317 e. The van der Waals surface area contributed by atoms with Gasteiger partial charge in [0.25, 0.3) is 0 Å². The van der Waals surface area contributed by atoms with E-state index in [0.717, 1.165) is 6.42 Å². The molecule has 2 rings (SSSR count). The first kappa shape index (κ1) is 17.3. The monoisotopic (exact) mass is 344 g/mol. The van der Waals surface area contributed by atoms with E-state index in [1.165, 1.54) is 9.75 Å². The molecule has 1 fully saturated rings. The van der Waals surface area contributed by atoms with Crippen molar-refractivity contribution in [2.45, 2.75) is 51.4 Å². The van der Waals surface area contributed by atoms with Gasteiger partial charge in [-0.25, -0.2) is 13.2 Å². The third-order valence-electron chi connectivity index (χ3n) is 4.29. The van der Waals surface area contributed by atoms with Crippen molar-refractivity contribution in [2.75, 3.05) is 12.3 Å². The molecule has 1 aliphatic heterocycles. The minimum Gasteiger partial charge on any atom is -0.335 e. The van der Waals surface area contributed by atoms with Gasteiger partial charge in [-0.2, -0.15) is 0 Å². The number of hydrogen-bond donors (Lipinski definition) is 1. The molecule has 2 heterocycles. The summed E-state index contributed by atoms with van der Waals surface area (Å²) < 4.78 is 23.7. The van der Waals surface area contributed by atoms with E-state index >= 15 is 0 Å². The summed E-state index contributed by atoms with van der Waals surface area (Å²) in [5.41, 5.74) is 0. The fraction of sp³-hybridized carbons (Fsp3) is 0.667. The van der Waals surface area contributed by atoms with Crippen LogP contribution in [-0.4, -0.2) is 49.0 Å². The Morgan fingerprint density at radius 3 is 2.73 bits per heavy atom. The van der Waals surface area contributed by atoms with Crippen LogP contribution in [0.25, 0.3) is 0 Å². The van der Waals surface area contributed by atoms with Crippen molar-refractivity contribution in [3.8, 4) is 0 Å². The summed E-state index contributed by atoms with van der Waals surface area (Å²) in [7, 11) is -3.07. The highest BCUT2D eigenvalue weighted by Crippen LogP contribution is 2.20. The van der Waals surface area contributed by atoms with Crippen LogP contribution in [0.4, 0.5) is 4.79 Å². The lowest BCUT2D eigenvalue weighted by Crippen LogP contribution is -2.57. The highest BCUT2D eigenvalue weighted by Gasteiger charge is 2.38. The lowest BCUT2D eigenvalue weighted by atomic mass is 10.2. The van der Waals surface area contributed by atoms with Gasteiger partial charge in [-0.15, -0.1) is 11.3 Å². The van der Waals surface area contributed by atoms with E-state index in [1.54, 1.807) is 30.1 Å². The number of carbonyl (C=O) groups excluding carboxylic acids is 1. The van der Waals surface area contributed by atoms with Crippen LogP contribution in [0.5, 0.6) is 0 Å². The maximum atomic E-state index is 12.4. The lowest BCUT2D eigenvalue weighted by molar-refractivity contribution is 0.175. The third-order valence-corrected chi connectivity index (χ3v) is 7.59. The number of hydrogen-bond acceptors (Lipinski definition) is 4. The SMILES string of the molecule is Cc1ccc(C[C@H](C)NC(=O)N2CCS(=O)(=O)[C@H](C)[C@H]2C)s1. The number of rotatable bonds is 3. The Hall–Kier alpha value is -1.08. The molecule has 0 unspecified atom stereocenters. The quantitative estimate of drug-likeness (QED) is 0.914. The van der Waals surface area contributed by atoms with Crippen molar-refractivity contribution in [2.24, 2.45) is 0 Å². The highest BCUT2D eigenvalue weighted by atomic mass is 32.2. The van der Waals surface area contributed by atoms with Crippen LogP contribution in [0.3, 0.4) is 0 Å². The zero-order valence-electron chi connectivity index (χ0n) is 13.5. The standard InChI is InChI=1S/C15H24N2O3S2/c1-10(9-14-6-5-11(2)21-14)16-15(18)17-7-8-22(19,20)13(4)12(17)3/h5-6,10,12-13H,7-9H2,1-4H3,(H,16,18)/t10-,12+,13+/m0/s1. The number of nitrogens with one attached hydrogen (secondary N) is 1. The normalized spacial score (nSPS) is 25.7. The molecule has 1 aromatic heterocycles. The predicted octanol–water partition coefficient (Wildman–Crippen LogP) is 2.20. The number of urea groups is 1. The van der Waals surface area contributed by atoms with E-state index in [9.17, 15) is 13.2 Å². The van der Waals surface area contributed by atoms with Crippen LogP contribution in [0.2, 0.25) is 0 Å². The molecule has 2 amide bonds. The summed E-state index contributed by atoms with van der Waals surface area (Å²) in [6.45, 7) is 7.78. The molecular formula is C15H24N2O3S2. The largest absolute Gasteiger partial charge is 0.335 e. The van der Waals surface area contributed by atoms with Gasteiger partial charge in [-0.3, -0.25) is 0 Å². The zero-order valence-corrected chi connectivity index (χ0v) is 15.1. The average Bonchev–Trinajstić information content (AvgIpc) is 2.81. The molecule has 0 spiro atoms. The number of amides is 2. The molecule has 7 heteroatoms. The van der Waals surface area contributed by atoms with Gasteiger partial charge in [0, 0.05) is 34.8 Å². The lowest BCUT2D eigenvalue weighted by Gasteiger charge is -2.38. The van der Waals surface area contributed by atoms with Crippen LogP contribution in [0, 0.1) is 6.92 Å². The van der Waals surface area contributed by atoms with Crippen molar-refractivity contribution < 1.29 is 13.2 Å². The molecule has 0 radical (unpaired) electrons. The molecule has 1 N–H and O–H groups in total. The van der Waals surface area contributed by atoms with E-state index in [-0.39, 0.29) is 30.4 Å². The van der Waals surface area contributed by atoms with Crippen molar-refractivity contribution in [1.82, 2.24) is 10.2 Å². The van der Waals surface area contributed by atoms with E-state index in [1.807, 2.05) is 6.92 Å². The van der Waals surface area contributed by atoms with Gasteiger partial charge in [0.15, 0.2) is 9.84 Å². The van der Waals surface area contributed by atoms with Gasteiger partial charge in [0.1, 0.15) is 0 Å². The maximum absolute atomic E-state index is 12.4. The van der Waals surface area contributed by atoms with Gasteiger partial charge in [-0.05, 0) is 39.8 Å². The summed E-state index contributed by atoms with van der Waals surface area (Å²) in [6.07, 6.45) is 0.792. The first-order chi connectivity index (χ1) is 10.2. The third kappa shape index (κ3) is 3.81.